The molecule has 0 aromatic heterocycles. The van der Waals surface area contributed by atoms with E-state index in [2.05, 4.69) is 33.9 Å². The molecular formula is C14H26O2. The minimum Gasteiger partial charge on any atom is -0.463 e. The zero-order valence-electron chi connectivity index (χ0n) is 11.0. The molecule has 0 aliphatic rings. The van der Waals surface area contributed by atoms with E-state index in [-0.39, 0.29) is 11.7 Å². The summed E-state index contributed by atoms with van der Waals surface area (Å²) in [5.41, 5.74) is 0.0678. The second-order valence-corrected chi connectivity index (χ2v) is 4.11. The van der Waals surface area contributed by atoms with Crippen molar-refractivity contribution in [3.8, 4) is 0 Å². The maximum atomic E-state index is 5.50. The van der Waals surface area contributed by atoms with E-state index in [9.17, 15) is 0 Å². The molecular weight excluding hydrogens is 200 g/mol. The lowest BCUT2D eigenvalue weighted by Crippen LogP contribution is -2.36. The van der Waals surface area contributed by atoms with Crippen LogP contribution in [-0.2, 0) is 9.47 Å². The molecule has 0 aliphatic heterocycles. The first-order valence-electron chi connectivity index (χ1n) is 6.23. The number of hydrogen-bond donors (Lipinski definition) is 0. The van der Waals surface area contributed by atoms with Crippen LogP contribution in [0.3, 0.4) is 0 Å². The summed E-state index contributed by atoms with van der Waals surface area (Å²) in [7, 11) is 0. The SMILES string of the molecule is C=COC(OC=C)C(CC)(CC)CCCC. The Kier molecular flexibility index (Phi) is 7.78. The van der Waals surface area contributed by atoms with Crippen LogP contribution in [0.4, 0.5) is 0 Å². The van der Waals surface area contributed by atoms with Crippen molar-refractivity contribution in [3.63, 3.8) is 0 Å². The van der Waals surface area contributed by atoms with Crippen molar-refractivity contribution in [1.82, 2.24) is 0 Å². The van der Waals surface area contributed by atoms with E-state index in [1.807, 2.05) is 0 Å². The Balaban J connectivity index is 4.76. The molecule has 0 bridgehead atoms. The van der Waals surface area contributed by atoms with Crippen LogP contribution in [-0.4, -0.2) is 6.29 Å². The Morgan fingerprint density at radius 2 is 1.56 bits per heavy atom. The Bertz CT molecular complexity index is 185. The van der Waals surface area contributed by atoms with Crippen LogP contribution in [0.1, 0.15) is 52.9 Å². The van der Waals surface area contributed by atoms with Gasteiger partial charge in [0.15, 0.2) is 0 Å². The minimum absolute atomic E-state index is 0.0678. The second-order valence-electron chi connectivity index (χ2n) is 4.11. The summed E-state index contributed by atoms with van der Waals surface area (Å²) in [5, 5.41) is 0. The van der Waals surface area contributed by atoms with Gasteiger partial charge in [0, 0.05) is 5.41 Å². The van der Waals surface area contributed by atoms with E-state index in [0.29, 0.717) is 0 Å². The van der Waals surface area contributed by atoms with Gasteiger partial charge < -0.3 is 9.47 Å². The first kappa shape index (κ1) is 15.1. The molecule has 0 radical (unpaired) electrons. The van der Waals surface area contributed by atoms with Crippen molar-refractivity contribution in [3.05, 3.63) is 25.7 Å². The smallest absolute Gasteiger partial charge is 0.244 e. The maximum absolute atomic E-state index is 5.50. The summed E-state index contributed by atoms with van der Waals surface area (Å²) in [6.45, 7) is 13.8. The quantitative estimate of drug-likeness (QED) is 0.399. The molecule has 0 N–H and O–H groups in total. The van der Waals surface area contributed by atoms with Gasteiger partial charge in [0.2, 0.25) is 6.29 Å². The molecule has 0 aromatic carbocycles. The maximum Gasteiger partial charge on any atom is 0.244 e. The van der Waals surface area contributed by atoms with Crippen molar-refractivity contribution in [2.45, 2.75) is 59.2 Å². The van der Waals surface area contributed by atoms with Crippen LogP contribution in [0.2, 0.25) is 0 Å². The Hall–Kier alpha value is -0.920. The molecule has 0 saturated heterocycles. The molecule has 0 heterocycles. The highest BCUT2D eigenvalue weighted by Gasteiger charge is 2.37. The zero-order valence-corrected chi connectivity index (χ0v) is 11.0. The van der Waals surface area contributed by atoms with E-state index in [1.54, 1.807) is 0 Å². The summed E-state index contributed by atoms with van der Waals surface area (Å²) < 4.78 is 11.0. The van der Waals surface area contributed by atoms with Gasteiger partial charge in [-0.1, -0.05) is 46.8 Å². The predicted octanol–water partition coefficient (Wildman–Crippen LogP) is 4.63. The molecule has 2 heteroatoms. The Morgan fingerprint density at radius 3 is 1.88 bits per heavy atom. The highest BCUT2D eigenvalue weighted by Crippen LogP contribution is 2.38. The molecule has 0 rings (SSSR count). The van der Waals surface area contributed by atoms with Crippen LogP contribution in [0.5, 0.6) is 0 Å². The lowest BCUT2D eigenvalue weighted by Gasteiger charge is -2.37. The van der Waals surface area contributed by atoms with Gasteiger partial charge in [-0.3, -0.25) is 0 Å². The van der Waals surface area contributed by atoms with Crippen LogP contribution >= 0.6 is 0 Å². The van der Waals surface area contributed by atoms with Crippen molar-refractivity contribution >= 4 is 0 Å². The van der Waals surface area contributed by atoms with Gasteiger partial charge in [-0.15, -0.1) is 0 Å². The lowest BCUT2D eigenvalue weighted by molar-refractivity contribution is -0.154. The summed E-state index contributed by atoms with van der Waals surface area (Å²) in [5.74, 6) is 0. The van der Waals surface area contributed by atoms with Crippen LogP contribution < -0.4 is 0 Å². The fraction of sp³-hybridized carbons (Fsp3) is 0.714. The summed E-state index contributed by atoms with van der Waals surface area (Å²) in [4.78, 5) is 0. The molecule has 0 aliphatic carbocycles. The number of ether oxygens (including phenoxy) is 2. The molecule has 0 fully saturated rings. The number of rotatable bonds is 10. The molecule has 0 unspecified atom stereocenters. The van der Waals surface area contributed by atoms with E-state index in [0.717, 1.165) is 19.3 Å². The van der Waals surface area contributed by atoms with Gasteiger partial charge in [0.1, 0.15) is 0 Å². The summed E-state index contributed by atoms with van der Waals surface area (Å²) in [6.07, 6.45) is 8.23. The number of hydrogen-bond acceptors (Lipinski definition) is 2. The Morgan fingerprint density at radius 1 is 1.06 bits per heavy atom. The Labute approximate surface area is 100 Å². The van der Waals surface area contributed by atoms with Crippen LogP contribution in [0.15, 0.2) is 25.7 Å². The molecule has 0 atom stereocenters. The fourth-order valence-electron chi connectivity index (χ4n) is 2.08. The highest BCUT2D eigenvalue weighted by atomic mass is 16.7. The van der Waals surface area contributed by atoms with Gasteiger partial charge in [0.25, 0.3) is 0 Å². The monoisotopic (exact) mass is 226 g/mol. The van der Waals surface area contributed by atoms with Gasteiger partial charge in [-0.25, -0.2) is 0 Å². The first-order valence-corrected chi connectivity index (χ1v) is 6.23. The third-order valence-electron chi connectivity index (χ3n) is 3.38. The third-order valence-corrected chi connectivity index (χ3v) is 3.38. The molecule has 94 valence electrons. The molecule has 2 nitrogen and oxygen atoms in total. The fourth-order valence-corrected chi connectivity index (χ4v) is 2.08. The lowest BCUT2D eigenvalue weighted by atomic mass is 9.77. The van der Waals surface area contributed by atoms with Crippen molar-refractivity contribution < 1.29 is 9.47 Å². The predicted molar refractivity (Wildman–Crippen MR) is 68.9 cm³/mol. The second kappa shape index (κ2) is 8.26. The molecule has 0 spiro atoms. The average Bonchev–Trinajstić information content (AvgIpc) is 2.31. The van der Waals surface area contributed by atoms with E-state index in [1.165, 1.54) is 25.4 Å². The van der Waals surface area contributed by atoms with Gasteiger partial charge in [0.05, 0.1) is 12.5 Å². The highest BCUT2D eigenvalue weighted by molar-refractivity contribution is 4.83. The van der Waals surface area contributed by atoms with Crippen molar-refractivity contribution in [1.29, 1.82) is 0 Å². The summed E-state index contributed by atoms with van der Waals surface area (Å²) >= 11 is 0. The van der Waals surface area contributed by atoms with Crippen molar-refractivity contribution in [2.24, 2.45) is 5.41 Å². The number of unbranched alkanes of at least 4 members (excludes halogenated alkanes) is 1. The zero-order chi connectivity index (χ0) is 12.4. The van der Waals surface area contributed by atoms with Crippen molar-refractivity contribution in [2.75, 3.05) is 0 Å². The molecule has 0 amide bonds. The standard InChI is InChI=1S/C14H26O2/c1-6-11-12-14(7-2,8-3)13(15-9-4)16-10-5/h9-10,13H,4-8,11-12H2,1-3H3. The average molecular weight is 226 g/mol. The summed E-state index contributed by atoms with van der Waals surface area (Å²) in [6, 6.07) is 0. The van der Waals surface area contributed by atoms with Gasteiger partial charge in [-0.2, -0.15) is 0 Å². The van der Waals surface area contributed by atoms with Gasteiger partial charge in [-0.05, 0) is 19.3 Å². The molecule has 0 aromatic rings. The van der Waals surface area contributed by atoms with E-state index in [4.69, 9.17) is 9.47 Å². The van der Waals surface area contributed by atoms with E-state index < -0.39 is 0 Å². The normalized spacial score (nSPS) is 11.2. The van der Waals surface area contributed by atoms with Gasteiger partial charge >= 0.3 is 0 Å². The van der Waals surface area contributed by atoms with Crippen LogP contribution in [0, 0.1) is 5.41 Å². The minimum atomic E-state index is -0.260. The largest absolute Gasteiger partial charge is 0.463 e. The van der Waals surface area contributed by atoms with E-state index >= 15 is 0 Å². The van der Waals surface area contributed by atoms with Crippen LogP contribution in [0.25, 0.3) is 0 Å². The third kappa shape index (κ3) is 3.92. The first-order chi connectivity index (χ1) is 7.70. The molecule has 16 heavy (non-hydrogen) atoms. The molecule has 0 saturated carbocycles. The topological polar surface area (TPSA) is 18.5 Å².